The molecule has 0 spiro atoms. The summed E-state index contributed by atoms with van der Waals surface area (Å²) in [4.78, 5) is 8.24. The molecule has 5 heteroatoms. The van der Waals surface area contributed by atoms with Gasteiger partial charge in [0.2, 0.25) is 5.82 Å². The van der Waals surface area contributed by atoms with Crippen molar-refractivity contribution in [2.24, 2.45) is 0 Å². The Labute approximate surface area is 141 Å². The maximum absolute atomic E-state index is 13.8. The normalized spacial score (nSPS) is 11.0. The van der Waals surface area contributed by atoms with Gasteiger partial charge >= 0.3 is 0 Å². The van der Waals surface area contributed by atoms with Gasteiger partial charge in [0.05, 0.1) is 5.56 Å². The summed E-state index contributed by atoms with van der Waals surface area (Å²) in [6.45, 7) is 2.21. The lowest BCUT2D eigenvalue weighted by Crippen LogP contribution is -1.97. The average molecular weight is 334 g/mol. The van der Waals surface area contributed by atoms with Gasteiger partial charge in [-0.2, -0.15) is 4.39 Å². The van der Waals surface area contributed by atoms with Gasteiger partial charge in [-0.1, -0.05) is 45.4 Å². The van der Waals surface area contributed by atoms with E-state index in [0.717, 1.165) is 24.5 Å². The van der Waals surface area contributed by atoms with E-state index in [4.69, 9.17) is 5.11 Å². The highest BCUT2D eigenvalue weighted by molar-refractivity contribution is 5.57. The van der Waals surface area contributed by atoms with Crippen molar-refractivity contribution in [2.45, 2.75) is 58.3 Å². The largest absolute Gasteiger partial charge is 0.505 e. The minimum Gasteiger partial charge on any atom is -0.505 e. The molecule has 0 fully saturated rings. The second-order valence-corrected chi connectivity index (χ2v) is 6.05. The van der Waals surface area contributed by atoms with Gasteiger partial charge in [-0.3, -0.25) is 0 Å². The SMILES string of the molecule is CCCCCCCCCc1cnc(-c2ccc(O)c(F)c2F)nc1. The first-order valence-electron chi connectivity index (χ1n) is 8.61. The van der Waals surface area contributed by atoms with E-state index in [1.807, 2.05) is 0 Å². The zero-order chi connectivity index (χ0) is 17.4. The number of benzene rings is 1. The number of halogens is 2. The quantitative estimate of drug-likeness (QED) is 0.623. The van der Waals surface area contributed by atoms with Crippen LogP contribution in [-0.4, -0.2) is 15.1 Å². The number of hydrogen-bond acceptors (Lipinski definition) is 3. The Morgan fingerprint density at radius 1 is 0.875 bits per heavy atom. The van der Waals surface area contributed by atoms with E-state index in [2.05, 4.69) is 16.9 Å². The summed E-state index contributed by atoms with van der Waals surface area (Å²) in [6, 6.07) is 2.38. The van der Waals surface area contributed by atoms with E-state index >= 15 is 0 Å². The number of hydrogen-bond donors (Lipinski definition) is 1. The molecule has 0 amide bonds. The second-order valence-electron chi connectivity index (χ2n) is 6.05. The fraction of sp³-hybridized carbons (Fsp3) is 0.474. The van der Waals surface area contributed by atoms with Crippen LogP contribution in [0.15, 0.2) is 24.5 Å². The summed E-state index contributed by atoms with van der Waals surface area (Å²) in [5, 5.41) is 9.15. The van der Waals surface area contributed by atoms with Crippen molar-refractivity contribution >= 4 is 0 Å². The molecule has 0 unspecified atom stereocenters. The lowest BCUT2D eigenvalue weighted by molar-refractivity contribution is 0.408. The number of aromatic hydroxyl groups is 1. The molecule has 1 aromatic carbocycles. The zero-order valence-electron chi connectivity index (χ0n) is 14.1. The van der Waals surface area contributed by atoms with Crippen LogP contribution in [0.2, 0.25) is 0 Å². The summed E-state index contributed by atoms with van der Waals surface area (Å²) in [5.41, 5.74) is 0.944. The van der Waals surface area contributed by atoms with Gasteiger partial charge in [0, 0.05) is 12.4 Å². The van der Waals surface area contributed by atoms with Gasteiger partial charge in [0.25, 0.3) is 0 Å². The van der Waals surface area contributed by atoms with E-state index in [1.54, 1.807) is 12.4 Å². The molecular formula is C19H24F2N2O. The monoisotopic (exact) mass is 334 g/mol. The van der Waals surface area contributed by atoms with E-state index < -0.39 is 17.4 Å². The van der Waals surface area contributed by atoms with Crippen molar-refractivity contribution < 1.29 is 13.9 Å². The van der Waals surface area contributed by atoms with Crippen LogP contribution in [0.3, 0.4) is 0 Å². The second kappa shape index (κ2) is 9.30. The van der Waals surface area contributed by atoms with Crippen LogP contribution < -0.4 is 0 Å². The summed E-state index contributed by atoms with van der Waals surface area (Å²) in [6.07, 6.45) is 12.9. The summed E-state index contributed by atoms with van der Waals surface area (Å²) in [5.74, 6) is -3.00. The van der Waals surface area contributed by atoms with Crippen molar-refractivity contribution in [1.82, 2.24) is 9.97 Å². The molecule has 3 nitrogen and oxygen atoms in total. The number of rotatable bonds is 9. The first kappa shape index (κ1) is 18.3. The predicted octanol–water partition coefficient (Wildman–Crippen LogP) is 5.42. The molecule has 130 valence electrons. The Morgan fingerprint density at radius 2 is 1.50 bits per heavy atom. The highest BCUT2D eigenvalue weighted by Crippen LogP contribution is 2.26. The standard InChI is InChI=1S/C19H24F2N2O/c1-2-3-4-5-6-7-8-9-14-12-22-19(23-13-14)15-10-11-16(24)18(21)17(15)20/h10-13,24H,2-9H2,1H3. The van der Waals surface area contributed by atoms with Crippen LogP contribution in [0.4, 0.5) is 8.78 Å². The maximum atomic E-state index is 13.8. The van der Waals surface area contributed by atoms with Crippen molar-refractivity contribution in [3.63, 3.8) is 0 Å². The van der Waals surface area contributed by atoms with Gasteiger partial charge in [-0.25, -0.2) is 14.4 Å². The molecule has 0 atom stereocenters. The van der Waals surface area contributed by atoms with Gasteiger partial charge in [-0.05, 0) is 30.5 Å². The van der Waals surface area contributed by atoms with Crippen molar-refractivity contribution in [2.75, 3.05) is 0 Å². The molecule has 0 aliphatic rings. The highest BCUT2D eigenvalue weighted by atomic mass is 19.2. The molecule has 0 aliphatic carbocycles. The summed E-state index contributed by atoms with van der Waals surface area (Å²) >= 11 is 0. The van der Waals surface area contributed by atoms with Crippen LogP contribution in [0.1, 0.15) is 57.4 Å². The molecule has 0 saturated heterocycles. The van der Waals surface area contributed by atoms with Crippen LogP contribution in [0.5, 0.6) is 5.75 Å². The fourth-order valence-corrected chi connectivity index (χ4v) is 2.62. The smallest absolute Gasteiger partial charge is 0.201 e. The Kier molecular flexibility index (Phi) is 7.09. The van der Waals surface area contributed by atoms with Crippen LogP contribution in [0.25, 0.3) is 11.4 Å². The van der Waals surface area contributed by atoms with E-state index in [1.165, 1.54) is 44.6 Å². The van der Waals surface area contributed by atoms with E-state index in [-0.39, 0.29) is 11.4 Å². The van der Waals surface area contributed by atoms with E-state index in [0.29, 0.717) is 0 Å². The molecule has 1 aromatic heterocycles. The number of aromatic nitrogens is 2. The molecule has 2 rings (SSSR count). The Bertz CT molecular complexity index is 645. The average Bonchev–Trinajstić information content (AvgIpc) is 2.60. The molecule has 0 radical (unpaired) electrons. The number of phenols is 1. The van der Waals surface area contributed by atoms with E-state index in [9.17, 15) is 8.78 Å². The predicted molar refractivity (Wildman–Crippen MR) is 90.7 cm³/mol. The molecule has 2 aromatic rings. The Balaban J connectivity index is 1.86. The van der Waals surface area contributed by atoms with Crippen molar-refractivity contribution in [1.29, 1.82) is 0 Å². The minimum absolute atomic E-state index is 0.0484. The Morgan fingerprint density at radius 3 is 2.17 bits per heavy atom. The zero-order valence-corrected chi connectivity index (χ0v) is 14.1. The maximum Gasteiger partial charge on any atom is 0.201 e. The third-order valence-corrected chi connectivity index (χ3v) is 4.08. The first-order valence-corrected chi connectivity index (χ1v) is 8.61. The number of phenolic OH excluding ortho intramolecular Hbond substituents is 1. The minimum atomic E-state index is -1.27. The molecular weight excluding hydrogens is 310 g/mol. The topological polar surface area (TPSA) is 46.0 Å². The summed E-state index contributed by atoms with van der Waals surface area (Å²) in [7, 11) is 0. The number of aryl methyl sites for hydroxylation is 1. The number of nitrogens with zero attached hydrogens (tertiary/aromatic N) is 2. The van der Waals surface area contributed by atoms with Crippen molar-refractivity contribution in [3.8, 4) is 17.1 Å². The highest BCUT2D eigenvalue weighted by Gasteiger charge is 2.15. The van der Waals surface area contributed by atoms with Crippen LogP contribution >= 0.6 is 0 Å². The van der Waals surface area contributed by atoms with Gasteiger partial charge < -0.3 is 5.11 Å². The molecule has 1 heterocycles. The molecule has 0 aliphatic heterocycles. The molecule has 0 bridgehead atoms. The van der Waals surface area contributed by atoms with Crippen LogP contribution in [-0.2, 0) is 6.42 Å². The summed E-state index contributed by atoms with van der Waals surface area (Å²) < 4.78 is 27.2. The molecule has 1 N–H and O–H groups in total. The van der Waals surface area contributed by atoms with Gasteiger partial charge in [0.15, 0.2) is 17.4 Å². The van der Waals surface area contributed by atoms with Crippen LogP contribution in [0, 0.1) is 11.6 Å². The third-order valence-electron chi connectivity index (χ3n) is 4.08. The molecule has 0 saturated carbocycles. The number of unbranched alkanes of at least 4 members (excludes halogenated alkanes) is 6. The lowest BCUT2D eigenvalue weighted by atomic mass is 10.1. The fourth-order valence-electron chi connectivity index (χ4n) is 2.62. The van der Waals surface area contributed by atoms with Crippen molar-refractivity contribution in [3.05, 3.63) is 41.7 Å². The third kappa shape index (κ3) is 4.98. The molecule has 24 heavy (non-hydrogen) atoms. The first-order chi connectivity index (χ1) is 11.6. The van der Waals surface area contributed by atoms with Gasteiger partial charge in [0.1, 0.15) is 0 Å². The van der Waals surface area contributed by atoms with Gasteiger partial charge in [-0.15, -0.1) is 0 Å². The lowest BCUT2D eigenvalue weighted by Gasteiger charge is -2.06. The Hall–Kier alpha value is -2.04.